The summed E-state index contributed by atoms with van der Waals surface area (Å²) < 4.78 is 2.02. The van der Waals surface area contributed by atoms with E-state index < -0.39 is 0 Å². The normalized spacial score (nSPS) is 13.1. The highest BCUT2D eigenvalue weighted by molar-refractivity contribution is 5.36. The number of hydrogen-bond donors (Lipinski definition) is 1. The fourth-order valence-electron chi connectivity index (χ4n) is 1.59. The zero-order valence-corrected chi connectivity index (χ0v) is 9.85. The largest absolute Gasteiger partial charge is 0.310 e. The van der Waals surface area contributed by atoms with Gasteiger partial charge in [-0.25, -0.2) is 0 Å². The van der Waals surface area contributed by atoms with E-state index in [0.717, 1.165) is 24.6 Å². The summed E-state index contributed by atoms with van der Waals surface area (Å²) in [6, 6.07) is 5.93. The molecule has 16 heavy (non-hydrogen) atoms. The summed E-state index contributed by atoms with van der Waals surface area (Å²) in [6.07, 6.45) is 3.20. The van der Waals surface area contributed by atoms with Crippen molar-refractivity contribution in [1.29, 1.82) is 0 Å². The second kappa shape index (κ2) is 5.07. The molecule has 0 aliphatic rings. The standard InChI is InChI=1S/C12H18N4/c1-3-10(2)8-13-9-12-15-14-11-6-4-5-7-16(11)12/h4-7,10,13H,3,8-9H2,1-2H3/t10-/m0/s1. The van der Waals surface area contributed by atoms with Crippen LogP contribution >= 0.6 is 0 Å². The molecule has 0 aliphatic heterocycles. The predicted octanol–water partition coefficient (Wildman–Crippen LogP) is 1.86. The lowest BCUT2D eigenvalue weighted by Gasteiger charge is -2.08. The van der Waals surface area contributed by atoms with Crippen LogP contribution in [-0.4, -0.2) is 21.1 Å². The van der Waals surface area contributed by atoms with Crippen LogP contribution in [-0.2, 0) is 6.54 Å². The molecule has 1 atom stereocenters. The van der Waals surface area contributed by atoms with Gasteiger partial charge in [-0.05, 0) is 24.6 Å². The molecule has 0 saturated carbocycles. The average molecular weight is 218 g/mol. The number of fused-ring (bicyclic) bond motifs is 1. The fourth-order valence-corrected chi connectivity index (χ4v) is 1.59. The van der Waals surface area contributed by atoms with Gasteiger partial charge in [0.15, 0.2) is 11.5 Å². The van der Waals surface area contributed by atoms with Gasteiger partial charge in [-0.1, -0.05) is 26.3 Å². The molecule has 86 valence electrons. The predicted molar refractivity (Wildman–Crippen MR) is 64.1 cm³/mol. The second-order valence-corrected chi connectivity index (χ2v) is 4.19. The molecule has 0 saturated heterocycles. The average Bonchev–Trinajstić information content (AvgIpc) is 2.73. The smallest absolute Gasteiger partial charge is 0.160 e. The number of nitrogens with zero attached hydrogens (tertiary/aromatic N) is 3. The number of pyridine rings is 1. The van der Waals surface area contributed by atoms with Crippen LogP contribution in [0.5, 0.6) is 0 Å². The zero-order valence-electron chi connectivity index (χ0n) is 9.85. The summed E-state index contributed by atoms with van der Waals surface area (Å²) in [4.78, 5) is 0. The molecule has 0 radical (unpaired) electrons. The number of hydrogen-bond acceptors (Lipinski definition) is 3. The maximum atomic E-state index is 4.17. The van der Waals surface area contributed by atoms with Crippen molar-refractivity contribution in [2.75, 3.05) is 6.54 Å². The molecule has 2 heterocycles. The van der Waals surface area contributed by atoms with Crippen LogP contribution in [0.1, 0.15) is 26.1 Å². The molecule has 2 rings (SSSR count). The Bertz CT molecular complexity index is 449. The molecule has 0 aliphatic carbocycles. The third-order valence-electron chi connectivity index (χ3n) is 2.86. The highest BCUT2D eigenvalue weighted by atomic mass is 15.3. The third kappa shape index (κ3) is 2.39. The lowest BCUT2D eigenvalue weighted by atomic mass is 10.1. The van der Waals surface area contributed by atoms with Crippen LogP contribution in [0.4, 0.5) is 0 Å². The highest BCUT2D eigenvalue weighted by Gasteiger charge is 2.04. The van der Waals surface area contributed by atoms with Crippen molar-refractivity contribution < 1.29 is 0 Å². The number of aromatic nitrogens is 3. The van der Waals surface area contributed by atoms with Crippen molar-refractivity contribution in [3.05, 3.63) is 30.2 Å². The minimum absolute atomic E-state index is 0.708. The van der Waals surface area contributed by atoms with Gasteiger partial charge >= 0.3 is 0 Å². The Morgan fingerprint density at radius 3 is 3.06 bits per heavy atom. The van der Waals surface area contributed by atoms with Crippen molar-refractivity contribution in [2.24, 2.45) is 5.92 Å². The van der Waals surface area contributed by atoms with Gasteiger partial charge in [0.1, 0.15) is 0 Å². The Hall–Kier alpha value is -1.42. The van der Waals surface area contributed by atoms with Crippen LogP contribution in [0, 0.1) is 5.92 Å². The first-order chi connectivity index (χ1) is 7.81. The summed E-state index contributed by atoms with van der Waals surface area (Å²) in [5.74, 6) is 1.68. The van der Waals surface area contributed by atoms with E-state index in [1.165, 1.54) is 6.42 Å². The molecular formula is C12H18N4. The quantitative estimate of drug-likeness (QED) is 0.833. The van der Waals surface area contributed by atoms with Crippen molar-refractivity contribution in [3.8, 4) is 0 Å². The molecule has 2 aromatic rings. The minimum atomic E-state index is 0.708. The molecule has 0 unspecified atom stereocenters. The summed E-state index contributed by atoms with van der Waals surface area (Å²) in [6.45, 7) is 6.25. The molecule has 4 nitrogen and oxygen atoms in total. The Kier molecular flexibility index (Phi) is 3.51. The molecule has 1 N–H and O–H groups in total. The first-order valence-electron chi connectivity index (χ1n) is 5.80. The van der Waals surface area contributed by atoms with Crippen LogP contribution in [0.25, 0.3) is 5.65 Å². The first-order valence-corrected chi connectivity index (χ1v) is 5.80. The Balaban J connectivity index is 1.99. The van der Waals surface area contributed by atoms with E-state index in [9.17, 15) is 0 Å². The summed E-state index contributed by atoms with van der Waals surface area (Å²) >= 11 is 0. The summed E-state index contributed by atoms with van der Waals surface area (Å²) in [5.41, 5.74) is 0.905. The van der Waals surface area contributed by atoms with Crippen molar-refractivity contribution in [3.63, 3.8) is 0 Å². The number of rotatable bonds is 5. The second-order valence-electron chi connectivity index (χ2n) is 4.19. The SMILES string of the molecule is CC[C@H](C)CNCc1nnc2ccccn12. The number of nitrogens with one attached hydrogen (secondary N) is 1. The lowest BCUT2D eigenvalue weighted by molar-refractivity contribution is 0.493. The fraction of sp³-hybridized carbons (Fsp3) is 0.500. The molecule has 4 heteroatoms. The molecule has 0 amide bonds. The summed E-state index contributed by atoms with van der Waals surface area (Å²) in [7, 11) is 0. The van der Waals surface area contributed by atoms with Crippen molar-refractivity contribution >= 4 is 5.65 Å². The Labute approximate surface area is 95.7 Å². The molecule has 2 aromatic heterocycles. The van der Waals surface area contributed by atoms with E-state index in [2.05, 4.69) is 29.4 Å². The maximum Gasteiger partial charge on any atom is 0.160 e. The van der Waals surface area contributed by atoms with Crippen LogP contribution in [0.3, 0.4) is 0 Å². The van der Waals surface area contributed by atoms with Gasteiger partial charge in [-0.15, -0.1) is 10.2 Å². The van der Waals surface area contributed by atoms with Crippen LogP contribution < -0.4 is 5.32 Å². The highest BCUT2D eigenvalue weighted by Crippen LogP contribution is 2.03. The maximum absolute atomic E-state index is 4.17. The van der Waals surface area contributed by atoms with E-state index in [-0.39, 0.29) is 0 Å². The molecule has 0 aromatic carbocycles. The van der Waals surface area contributed by atoms with E-state index in [0.29, 0.717) is 5.92 Å². The van der Waals surface area contributed by atoms with E-state index in [1.807, 2.05) is 28.8 Å². The monoisotopic (exact) mass is 218 g/mol. The first kappa shape index (κ1) is 11.1. The lowest BCUT2D eigenvalue weighted by Crippen LogP contribution is -2.21. The van der Waals surface area contributed by atoms with Gasteiger partial charge in [-0.2, -0.15) is 0 Å². The Morgan fingerprint density at radius 2 is 2.25 bits per heavy atom. The minimum Gasteiger partial charge on any atom is -0.310 e. The van der Waals surface area contributed by atoms with Gasteiger partial charge in [0, 0.05) is 6.20 Å². The molecule has 0 fully saturated rings. The van der Waals surface area contributed by atoms with Gasteiger partial charge in [0.2, 0.25) is 0 Å². The Morgan fingerprint density at radius 1 is 1.38 bits per heavy atom. The van der Waals surface area contributed by atoms with Gasteiger partial charge in [0.25, 0.3) is 0 Å². The van der Waals surface area contributed by atoms with Gasteiger partial charge in [0.05, 0.1) is 6.54 Å². The zero-order chi connectivity index (χ0) is 11.4. The third-order valence-corrected chi connectivity index (χ3v) is 2.86. The van der Waals surface area contributed by atoms with Gasteiger partial charge in [-0.3, -0.25) is 4.40 Å². The summed E-state index contributed by atoms with van der Waals surface area (Å²) in [5, 5.41) is 11.7. The molecular weight excluding hydrogens is 200 g/mol. The van der Waals surface area contributed by atoms with E-state index >= 15 is 0 Å². The van der Waals surface area contributed by atoms with Crippen LogP contribution in [0.15, 0.2) is 24.4 Å². The van der Waals surface area contributed by atoms with Gasteiger partial charge < -0.3 is 5.32 Å². The van der Waals surface area contributed by atoms with Crippen molar-refractivity contribution in [2.45, 2.75) is 26.8 Å². The van der Waals surface area contributed by atoms with E-state index in [1.54, 1.807) is 0 Å². The van der Waals surface area contributed by atoms with Crippen molar-refractivity contribution in [1.82, 2.24) is 19.9 Å². The molecule has 0 bridgehead atoms. The molecule has 0 spiro atoms. The van der Waals surface area contributed by atoms with Crippen LogP contribution in [0.2, 0.25) is 0 Å². The topological polar surface area (TPSA) is 42.2 Å². The van der Waals surface area contributed by atoms with E-state index in [4.69, 9.17) is 0 Å².